The van der Waals surface area contributed by atoms with Crippen molar-refractivity contribution in [2.45, 2.75) is 25.8 Å². The van der Waals surface area contributed by atoms with Gasteiger partial charge in [-0.15, -0.1) is 0 Å². The number of carbonyl (C=O) groups is 1. The molecule has 1 saturated carbocycles. The smallest absolute Gasteiger partial charge is 0.227 e. The van der Waals surface area contributed by atoms with Gasteiger partial charge in [0.2, 0.25) is 5.91 Å². The van der Waals surface area contributed by atoms with Crippen LogP contribution in [0.3, 0.4) is 0 Å². The number of nitriles is 1. The maximum Gasteiger partial charge on any atom is 0.227 e. The van der Waals surface area contributed by atoms with Crippen LogP contribution in [-0.4, -0.2) is 12.5 Å². The van der Waals surface area contributed by atoms with Crippen molar-refractivity contribution in [1.82, 2.24) is 5.32 Å². The molecular weight excluding hydrogens is 226 g/mol. The summed E-state index contributed by atoms with van der Waals surface area (Å²) in [5, 5.41) is 11.7. The normalized spacial score (nSPS) is 16.4. The second-order valence-corrected chi connectivity index (χ2v) is 4.83. The van der Waals surface area contributed by atoms with Gasteiger partial charge in [0, 0.05) is 13.1 Å². The van der Waals surface area contributed by atoms with Gasteiger partial charge in [-0.05, 0) is 30.5 Å². The summed E-state index contributed by atoms with van der Waals surface area (Å²) in [5.74, 6) is 0.0404. The summed E-state index contributed by atoms with van der Waals surface area (Å²) in [6, 6.07) is 9.34. The van der Waals surface area contributed by atoms with E-state index < -0.39 is 0 Å². The number of hydrogen-bond donors (Lipinski definition) is 2. The summed E-state index contributed by atoms with van der Waals surface area (Å²) in [7, 11) is 0. The Kier molecular flexibility index (Phi) is 3.63. The topological polar surface area (TPSA) is 78.9 Å². The van der Waals surface area contributed by atoms with Crippen molar-refractivity contribution in [2.75, 3.05) is 6.54 Å². The maximum atomic E-state index is 12.1. The van der Waals surface area contributed by atoms with Crippen LogP contribution in [0.2, 0.25) is 0 Å². The van der Waals surface area contributed by atoms with E-state index in [1.54, 1.807) is 12.1 Å². The third kappa shape index (κ3) is 2.36. The van der Waals surface area contributed by atoms with E-state index in [-0.39, 0.29) is 11.3 Å². The van der Waals surface area contributed by atoms with E-state index >= 15 is 0 Å². The molecule has 0 bridgehead atoms. The molecule has 4 heteroatoms. The Morgan fingerprint density at radius 2 is 2.28 bits per heavy atom. The van der Waals surface area contributed by atoms with Gasteiger partial charge in [0.1, 0.15) is 0 Å². The Labute approximate surface area is 107 Å². The van der Waals surface area contributed by atoms with E-state index in [1.165, 1.54) is 0 Å². The molecule has 1 aromatic rings. The Morgan fingerprint density at radius 1 is 1.50 bits per heavy atom. The average Bonchev–Trinajstić information content (AvgIpc) is 2.36. The first kappa shape index (κ1) is 12.6. The summed E-state index contributed by atoms with van der Waals surface area (Å²) in [5.41, 5.74) is 6.89. The molecule has 4 nitrogen and oxygen atoms in total. The zero-order chi connectivity index (χ0) is 13.0. The van der Waals surface area contributed by atoms with Gasteiger partial charge in [0.15, 0.2) is 0 Å². The fraction of sp³-hybridized carbons (Fsp3) is 0.429. The molecule has 3 N–H and O–H groups in total. The molecule has 0 aliphatic heterocycles. The van der Waals surface area contributed by atoms with E-state index in [9.17, 15) is 4.79 Å². The molecule has 18 heavy (non-hydrogen) atoms. The molecule has 0 unspecified atom stereocenters. The molecular formula is C14H17N3O. The number of hydrogen-bond acceptors (Lipinski definition) is 3. The van der Waals surface area contributed by atoms with Crippen molar-refractivity contribution >= 4 is 5.91 Å². The zero-order valence-electron chi connectivity index (χ0n) is 10.3. The Bertz CT molecular complexity index is 481. The van der Waals surface area contributed by atoms with Crippen LogP contribution in [0, 0.1) is 16.7 Å². The number of amides is 1. The number of carbonyl (C=O) groups excluding carboxylic acids is 1. The molecule has 1 amide bonds. The van der Waals surface area contributed by atoms with Crippen molar-refractivity contribution in [3.05, 3.63) is 35.4 Å². The van der Waals surface area contributed by atoms with E-state index in [2.05, 4.69) is 11.4 Å². The molecule has 1 aliphatic carbocycles. The molecule has 0 aromatic heterocycles. The molecule has 0 radical (unpaired) electrons. The van der Waals surface area contributed by atoms with Crippen LogP contribution in [0.5, 0.6) is 0 Å². The fourth-order valence-electron chi connectivity index (χ4n) is 2.25. The van der Waals surface area contributed by atoms with Gasteiger partial charge in [-0.1, -0.05) is 18.6 Å². The highest BCUT2D eigenvalue weighted by Crippen LogP contribution is 2.39. The summed E-state index contributed by atoms with van der Waals surface area (Å²) < 4.78 is 0. The summed E-state index contributed by atoms with van der Waals surface area (Å²) in [6.07, 6.45) is 2.84. The molecule has 1 aromatic carbocycles. The number of nitrogens with two attached hydrogens (primary N) is 1. The average molecular weight is 243 g/mol. The number of benzene rings is 1. The van der Waals surface area contributed by atoms with E-state index in [4.69, 9.17) is 11.0 Å². The van der Waals surface area contributed by atoms with Crippen LogP contribution in [0.4, 0.5) is 0 Å². The fourth-order valence-corrected chi connectivity index (χ4v) is 2.25. The molecule has 0 heterocycles. The number of nitrogens with one attached hydrogen (secondary N) is 1. The number of rotatable bonds is 4. The highest BCUT2D eigenvalue weighted by atomic mass is 16.2. The lowest BCUT2D eigenvalue weighted by atomic mass is 9.68. The van der Waals surface area contributed by atoms with Crippen molar-refractivity contribution < 1.29 is 4.79 Å². The van der Waals surface area contributed by atoms with Gasteiger partial charge in [0.25, 0.3) is 0 Å². The van der Waals surface area contributed by atoms with Crippen LogP contribution in [0.25, 0.3) is 0 Å². The molecule has 94 valence electrons. The maximum absolute atomic E-state index is 12.1. The molecule has 1 aliphatic rings. The predicted molar refractivity (Wildman–Crippen MR) is 68.3 cm³/mol. The molecule has 0 spiro atoms. The largest absolute Gasteiger partial charge is 0.352 e. The van der Waals surface area contributed by atoms with Gasteiger partial charge in [-0.2, -0.15) is 5.26 Å². The van der Waals surface area contributed by atoms with Crippen molar-refractivity contribution in [3.8, 4) is 6.07 Å². The predicted octanol–water partition coefficient (Wildman–Crippen LogP) is 1.30. The summed E-state index contributed by atoms with van der Waals surface area (Å²) in [4.78, 5) is 12.1. The minimum atomic E-state index is -0.340. The first-order chi connectivity index (χ1) is 8.70. The van der Waals surface area contributed by atoms with Crippen molar-refractivity contribution in [3.63, 3.8) is 0 Å². The van der Waals surface area contributed by atoms with E-state index in [0.29, 0.717) is 18.7 Å². The summed E-state index contributed by atoms with van der Waals surface area (Å²) in [6.45, 7) is 0.868. The molecule has 0 saturated heterocycles. The Balaban J connectivity index is 1.95. The number of nitrogens with zero attached hydrogens (tertiary/aromatic N) is 1. The van der Waals surface area contributed by atoms with Gasteiger partial charge >= 0.3 is 0 Å². The van der Waals surface area contributed by atoms with E-state index in [1.807, 2.05) is 12.1 Å². The third-order valence-electron chi connectivity index (χ3n) is 3.69. The van der Waals surface area contributed by atoms with Crippen LogP contribution in [-0.2, 0) is 11.3 Å². The lowest BCUT2D eigenvalue weighted by molar-refractivity contribution is -0.135. The molecule has 2 rings (SSSR count). The van der Waals surface area contributed by atoms with Crippen LogP contribution in [0.1, 0.15) is 30.4 Å². The third-order valence-corrected chi connectivity index (χ3v) is 3.69. The minimum absolute atomic E-state index is 0.0404. The van der Waals surface area contributed by atoms with Crippen LogP contribution < -0.4 is 11.1 Å². The SMILES string of the molecule is N#Cc1cccc(CNC(=O)C2(CN)CCC2)c1. The van der Waals surface area contributed by atoms with Gasteiger partial charge in [0.05, 0.1) is 17.0 Å². The van der Waals surface area contributed by atoms with E-state index in [0.717, 1.165) is 24.8 Å². The monoisotopic (exact) mass is 243 g/mol. The minimum Gasteiger partial charge on any atom is -0.352 e. The zero-order valence-corrected chi connectivity index (χ0v) is 10.3. The molecule has 1 fully saturated rings. The highest BCUT2D eigenvalue weighted by Gasteiger charge is 2.42. The van der Waals surface area contributed by atoms with Crippen LogP contribution in [0.15, 0.2) is 24.3 Å². The molecule has 0 atom stereocenters. The standard InChI is InChI=1S/C14H17N3O/c15-8-11-3-1-4-12(7-11)9-17-13(18)14(10-16)5-2-6-14/h1,3-4,7H,2,5-6,9-10,16H2,(H,17,18). The van der Waals surface area contributed by atoms with Crippen molar-refractivity contribution in [1.29, 1.82) is 5.26 Å². The van der Waals surface area contributed by atoms with Gasteiger partial charge < -0.3 is 11.1 Å². The Hall–Kier alpha value is -1.86. The van der Waals surface area contributed by atoms with Gasteiger partial charge in [-0.3, -0.25) is 4.79 Å². The lowest BCUT2D eigenvalue weighted by Gasteiger charge is -2.39. The first-order valence-corrected chi connectivity index (χ1v) is 6.18. The quantitative estimate of drug-likeness (QED) is 0.836. The van der Waals surface area contributed by atoms with Crippen LogP contribution >= 0.6 is 0 Å². The highest BCUT2D eigenvalue weighted by molar-refractivity contribution is 5.83. The van der Waals surface area contributed by atoms with Gasteiger partial charge in [-0.25, -0.2) is 0 Å². The second kappa shape index (κ2) is 5.19. The summed E-state index contributed by atoms with van der Waals surface area (Å²) >= 11 is 0. The lowest BCUT2D eigenvalue weighted by Crippen LogP contribution is -2.50. The second-order valence-electron chi connectivity index (χ2n) is 4.83. The van der Waals surface area contributed by atoms with Crippen molar-refractivity contribution in [2.24, 2.45) is 11.1 Å². The Morgan fingerprint density at radius 3 is 2.83 bits per heavy atom. The first-order valence-electron chi connectivity index (χ1n) is 6.18.